The molecule has 0 bridgehead atoms. The van der Waals surface area contributed by atoms with Crippen LogP contribution < -0.4 is 9.47 Å². The Balaban J connectivity index is 2.03. The third kappa shape index (κ3) is 4.09. The zero-order valence-electron chi connectivity index (χ0n) is 17.7. The lowest BCUT2D eigenvalue weighted by atomic mass is 9.84. The summed E-state index contributed by atoms with van der Waals surface area (Å²) in [6.07, 6.45) is 0.331. The van der Waals surface area contributed by atoms with Gasteiger partial charge in [-0.1, -0.05) is 24.3 Å². The highest BCUT2D eigenvalue weighted by Crippen LogP contribution is 2.38. The first-order valence-corrected chi connectivity index (χ1v) is 9.62. The van der Waals surface area contributed by atoms with E-state index in [0.29, 0.717) is 40.2 Å². The Hall–Kier alpha value is -2.95. The normalized spacial score (nSPS) is 13.4. The third-order valence-electron chi connectivity index (χ3n) is 4.74. The number of carbonyl (C=O) groups excluding carboxylic acids is 3. The predicted molar refractivity (Wildman–Crippen MR) is 109 cm³/mol. The van der Waals surface area contributed by atoms with E-state index in [2.05, 4.69) is 0 Å². The Kier molecular flexibility index (Phi) is 5.11. The van der Waals surface area contributed by atoms with Crippen LogP contribution in [0.3, 0.4) is 0 Å². The van der Waals surface area contributed by atoms with Gasteiger partial charge >= 0.3 is 11.9 Å². The minimum absolute atomic E-state index is 0.177. The number of rotatable bonds is 2. The Morgan fingerprint density at radius 3 is 1.45 bits per heavy atom. The fourth-order valence-corrected chi connectivity index (χ4v) is 2.94. The molecule has 0 fully saturated rings. The van der Waals surface area contributed by atoms with Gasteiger partial charge in [-0.15, -0.1) is 0 Å². The summed E-state index contributed by atoms with van der Waals surface area (Å²) in [5.41, 5.74) is 0.898. The van der Waals surface area contributed by atoms with Crippen molar-refractivity contribution in [2.45, 2.75) is 48.0 Å². The topological polar surface area (TPSA) is 69.7 Å². The number of hydrogen-bond donors (Lipinski definition) is 0. The standard InChI is InChI=1S/C24H26O5/c1-23(2,3)21(26)28-18-11-7-9-14-16(18)13-17-15(20(14)25)10-8-12-19(17)29-22(27)24(4,5)6/h7-12H,13H2,1-6H3. The maximum Gasteiger partial charge on any atom is 0.316 e. The molecule has 0 amide bonds. The van der Waals surface area contributed by atoms with Crippen molar-refractivity contribution < 1.29 is 23.9 Å². The van der Waals surface area contributed by atoms with Crippen LogP contribution in [0.5, 0.6) is 11.5 Å². The molecule has 2 aromatic carbocycles. The van der Waals surface area contributed by atoms with Crippen molar-refractivity contribution >= 4 is 17.7 Å². The van der Waals surface area contributed by atoms with Crippen LogP contribution in [0.2, 0.25) is 0 Å². The molecule has 0 heterocycles. The van der Waals surface area contributed by atoms with Gasteiger partial charge in [0.2, 0.25) is 0 Å². The molecule has 0 spiro atoms. The average molecular weight is 394 g/mol. The van der Waals surface area contributed by atoms with Crippen molar-refractivity contribution in [3.05, 3.63) is 58.7 Å². The zero-order chi connectivity index (χ0) is 21.6. The lowest BCUT2D eigenvalue weighted by molar-refractivity contribution is -0.143. The molecule has 0 aliphatic heterocycles. The number of esters is 2. The van der Waals surface area contributed by atoms with Crippen molar-refractivity contribution in [1.82, 2.24) is 0 Å². The molecule has 5 heteroatoms. The van der Waals surface area contributed by atoms with Crippen LogP contribution in [0, 0.1) is 10.8 Å². The zero-order valence-corrected chi connectivity index (χ0v) is 17.7. The van der Waals surface area contributed by atoms with Crippen LogP contribution in [0.25, 0.3) is 0 Å². The second-order valence-corrected chi connectivity index (χ2v) is 9.35. The SMILES string of the molecule is CC(C)(C)C(=O)Oc1cccc2c1Cc1c(OC(=O)C(C)(C)C)cccc1C2=O. The van der Waals surface area contributed by atoms with E-state index in [4.69, 9.17) is 9.47 Å². The number of fused-ring (bicyclic) bond motifs is 2. The van der Waals surface area contributed by atoms with E-state index in [9.17, 15) is 14.4 Å². The first-order chi connectivity index (χ1) is 13.4. The molecule has 0 saturated carbocycles. The predicted octanol–water partition coefficient (Wildman–Crippen LogP) is 4.72. The van der Waals surface area contributed by atoms with Gasteiger partial charge in [-0.05, 0) is 53.7 Å². The molecular weight excluding hydrogens is 368 g/mol. The quantitative estimate of drug-likeness (QED) is 0.464. The lowest BCUT2D eigenvalue weighted by Crippen LogP contribution is -2.28. The molecule has 1 aliphatic rings. The van der Waals surface area contributed by atoms with Crippen LogP contribution in [0.4, 0.5) is 0 Å². The molecule has 0 saturated heterocycles. The lowest BCUT2D eigenvalue weighted by Gasteiger charge is -2.25. The van der Waals surface area contributed by atoms with Crippen LogP contribution in [0.15, 0.2) is 36.4 Å². The summed E-state index contributed by atoms with van der Waals surface area (Å²) >= 11 is 0. The first-order valence-electron chi connectivity index (χ1n) is 9.62. The van der Waals surface area contributed by atoms with E-state index in [0.717, 1.165) is 0 Å². The Labute approximate surface area is 171 Å². The molecule has 29 heavy (non-hydrogen) atoms. The first kappa shape index (κ1) is 20.8. The smallest absolute Gasteiger partial charge is 0.316 e. The van der Waals surface area contributed by atoms with Crippen LogP contribution in [-0.4, -0.2) is 17.7 Å². The molecule has 0 aromatic heterocycles. The molecular formula is C24H26O5. The van der Waals surface area contributed by atoms with Crippen molar-refractivity contribution in [1.29, 1.82) is 0 Å². The summed E-state index contributed by atoms with van der Waals surface area (Å²) in [6.45, 7) is 10.6. The van der Waals surface area contributed by atoms with Gasteiger partial charge in [0.25, 0.3) is 0 Å². The molecule has 0 unspecified atom stereocenters. The summed E-state index contributed by atoms with van der Waals surface area (Å²) in [4.78, 5) is 37.9. The molecule has 5 nitrogen and oxygen atoms in total. The summed E-state index contributed by atoms with van der Waals surface area (Å²) < 4.78 is 11.2. The highest BCUT2D eigenvalue weighted by molar-refractivity contribution is 6.13. The largest absolute Gasteiger partial charge is 0.426 e. The van der Waals surface area contributed by atoms with Gasteiger partial charge in [-0.2, -0.15) is 0 Å². The molecule has 0 N–H and O–H groups in total. The Bertz CT molecular complexity index is 923. The van der Waals surface area contributed by atoms with Crippen molar-refractivity contribution in [3.63, 3.8) is 0 Å². The van der Waals surface area contributed by atoms with Gasteiger partial charge < -0.3 is 9.47 Å². The van der Waals surface area contributed by atoms with E-state index in [1.165, 1.54) is 0 Å². The Morgan fingerprint density at radius 2 is 1.10 bits per heavy atom. The number of benzene rings is 2. The molecule has 1 aliphatic carbocycles. The van der Waals surface area contributed by atoms with Crippen LogP contribution >= 0.6 is 0 Å². The minimum atomic E-state index is -0.674. The van der Waals surface area contributed by atoms with Gasteiger partial charge in [0, 0.05) is 28.7 Å². The maximum atomic E-state index is 13.1. The summed E-state index contributed by atoms with van der Waals surface area (Å²) in [5.74, 6) is -0.214. The van der Waals surface area contributed by atoms with Crippen LogP contribution in [0.1, 0.15) is 68.6 Å². The van der Waals surface area contributed by atoms with Gasteiger partial charge in [-0.3, -0.25) is 14.4 Å². The fourth-order valence-electron chi connectivity index (χ4n) is 2.94. The summed E-state index contributed by atoms with van der Waals surface area (Å²) in [6, 6.07) is 10.2. The van der Waals surface area contributed by atoms with Gasteiger partial charge in [0.15, 0.2) is 5.78 Å². The summed E-state index contributed by atoms with van der Waals surface area (Å²) in [7, 11) is 0. The van der Waals surface area contributed by atoms with Crippen molar-refractivity contribution in [2.75, 3.05) is 0 Å². The molecule has 0 atom stereocenters. The molecule has 2 aromatic rings. The number of hydrogen-bond acceptors (Lipinski definition) is 5. The molecule has 3 rings (SSSR count). The number of ether oxygens (including phenoxy) is 2. The van der Waals surface area contributed by atoms with Crippen molar-refractivity contribution in [2.24, 2.45) is 10.8 Å². The van der Waals surface area contributed by atoms with Gasteiger partial charge in [0.1, 0.15) is 11.5 Å². The Morgan fingerprint density at radius 1 is 0.724 bits per heavy atom. The van der Waals surface area contributed by atoms with E-state index in [1.54, 1.807) is 77.9 Å². The average Bonchev–Trinajstić information content (AvgIpc) is 2.61. The highest BCUT2D eigenvalue weighted by Gasteiger charge is 2.32. The third-order valence-corrected chi connectivity index (χ3v) is 4.74. The minimum Gasteiger partial charge on any atom is -0.426 e. The van der Waals surface area contributed by atoms with E-state index in [-0.39, 0.29) is 17.7 Å². The molecule has 152 valence electrons. The second-order valence-electron chi connectivity index (χ2n) is 9.35. The van der Waals surface area contributed by atoms with Gasteiger partial charge in [0.05, 0.1) is 10.8 Å². The van der Waals surface area contributed by atoms with Gasteiger partial charge in [-0.25, -0.2) is 0 Å². The summed E-state index contributed by atoms with van der Waals surface area (Å²) in [5, 5.41) is 0. The fraction of sp³-hybridized carbons (Fsp3) is 0.375. The number of ketones is 1. The molecule has 0 radical (unpaired) electrons. The second kappa shape index (κ2) is 7.14. The van der Waals surface area contributed by atoms with E-state index >= 15 is 0 Å². The van der Waals surface area contributed by atoms with E-state index in [1.807, 2.05) is 0 Å². The number of carbonyl (C=O) groups is 3. The van der Waals surface area contributed by atoms with E-state index < -0.39 is 10.8 Å². The monoisotopic (exact) mass is 394 g/mol. The highest BCUT2D eigenvalue weighted by atomic mass is 16.5. The van der Waals surface area contributed by atoms with Crippen molar-refractivity contribution in [3.8, 4) is 11.5 Å². The maximum absolute atomic E-state index is 13.1. The van der Waals surface area contributed by atoms with Crippen LogP contribution in [-0.2, 0) is 16.0 Å².